The van der Waals surface area contributed by atoms with Crippen LogP contribution in [-0.2, 0) is 10.0 Å². The van der Waals surface area contributed by atoms with Crippen molar-refractivity contribution in [1.82, 2.24) is 15.0 Å². The molecule has 1 aromatic heterocycles. The molecule has 0 bridgehead atoms. The largest absolute Gasteiger partial charge is 0.507 e. The summed E-state index contributed by atoms with van der Waals surface area (Å²) < 4.78 is 23.5. The third-order valence-electron chi connectivity index (χ3n) is 4.44. The Bertz CT molecular complexity index is 1410. The molecule has 0 saturated heterocycles. The summed E-state index contributed by atoms with van der Waals surface area (Å²) >= 11 is 0. The molecule has 31 heavy (non-hydrogen) atoms. The number of hydrogen-bond donors (Lipinski definition) is 2. The van der Waals surface area contributed by atoms with Gasteiger partial charge in [0, 0.05) is 11.1 Å². The maximum Gasteiger partial charge on any atom is 0.238 e. The van der Waals surface area contributed by atoms with Crippen molar-refractivity contribution in [3.8, 4) is 39.9 Å². The maximum atomic E-state index is 11.8. The van der Waals surface area contributed by atoms with Crippen molar-refractivity contribution in [2.24, 2.45) is 10.3 Å². The van der Waals surface area contributed by atoms with Crippen LogP contribution in [0, 0.1) is 4.91 Å². The number of nitrogens with zero attached hydrogens (tertiary/aromatic N) is 4. The Balaban J connectivity index is 1.99. The number of phenols is 1. The van der Waals surface area contributed by atoms with E-state index in [4.69, 9.17) is 5.14 Å². The highest BCUT2D eigenvalue weighted by Crippen LogP contribution is 2.32. The summed E-state index contributed by atoms with van der Waals surface area (Å²) in [5, 5.41) is 18.5. The van der Waals surface area contributed by atoms with Crippen LogP contribution in [0.1, 0.15) is 0 Å². The van der Waals surface area contributed by atoms with Gasteiger partial charge in [-0.15, -0.1) is 4.91 Å². The summed E-state index contributed by atoms with van der Waals surface area (Å²) in [5.74, 6) is 0.361. The third kappa shape index (κ3) is 4.15. The molecule has 4 rings (SSSR count). The zero-order valence-electron chi connectivity index (χ0n) is 15.9. The van der Waals surface area contributed by atoms with Crippen molar-refractivity contribution in [2.75, 3.05) is 0 Å². The van der Waals surface area contributed by atoms with E-state index in [9.17, 15) is 18.4 Å². The van der Waals surface area contributed by atoms with Crippen molar-refractivity contribution in [2.45, 2.75) is 4.90 Å². The third-order valence-corrected chi connectivity index (χ3v) is 5.36. The summed E-state index contributed by atoms with van der Waals surface area (Å²) in [6.45, 7) is 0. The van der Waals surface area contributed by atoms with E-state index < -0.39 is 10.0 Å². The van der Waals surface area contributed by atoms with E-state index in [-0.39, 0.29) is 33.8 Å². The van der Waals surface area contributed by atoms with Crippen LogP contribution in [0.15, 0.2) is 82.9 Å². The topological polar surface area (TPSA) is 148 Å². The summed E-state index contributed by atoms with van der Waals surface area (Å²) in [5.41, 5.74) is 1.19. The molecular formula is C21H15N5O4S. The SMILES string of the molecule is NS(=O)(=O)c1cccc(-c2nc(-c3ccccc3O)nc(-c3ccccc3N=O)n2)c1. The highest BCUT2D eigenvalue weighted by Gasteiger charge is 2.17. The van der Waals surface area contributed by atoms with Gasteiger partial charge < -0.3 is 5.11 Å². The van der Waals surface area contributed by atoms with E-state index in [0.717, 1.165) is 0 Å². The zero-order valence-corrected chi connectivity index (χ0v) is 16.7. The molecule has 0 aliphatic carbocycles. The van der Waals surface area contributed by atoms with Crippen LogP contribution in [0.5, 0.6) is 5.75 Å². The number of aromatic hydroxyl groups is 1. The maximum absolute atomic E-state index is 11.8. The van der Waals surface area contributed by atoms with Gasteiger partial charge in [0.15, 0.2) is 17.5 Å². The molecule has 0 aliphatic heterocycles. The standard InChI is InChI=1S/C21H15N5O4S/c22-31(29,30)14-7-5-6-13(12-14)19-23-20(15-8-1-3-10-17(15)26-28)25-21(24-19)16-9-2-4-11-18(16)27/h1-12,27H,(H2,22,29,30). The lowest BCUT2D eigenvalue weighted by molar-refractivity contribution is 0.477. The Hall–Kier alpha value is -4.02. The van der Waals surface area contributed by atoms with Gasteiger partial charge in [0.2, 0.25) is 10.0 Å². The number of benzene rings is 3. The first-order chi connectivity index (χ1) is 14.9. The fraction of sp³-hybridized carbons (Fsp3) is 0. The van der Waals surface area contributed by atoms with Gasteiger partial charge in [-0.05, 0) is 41.6 Å². The van der Waals surface area contributed by atoms with Gasteiger partial charge in [-0.2, -0.15) is 0 Å². The predicted molar refractivity (Wildman–Crippen MR) is 115 cm³/mol. The fourth-order valence-electron chi connectivity index (χ4n) is 2.96. The minimum absolute atomic E-state index is 0.0503. The molecular weight excluding hydrogens is 418 g/mol. The predicted octanol–water partition coefficient (Wildman–Crippen LogP) is 3.62. The van der Waals surface area contributed by atoms with E-state index in [2.05, 4.69) is 20.1 Å². The fourth-order valence-corrected chi connectivity index (χ4v) is 3.52. The van der Waals surface area contributed by atoms with Gasteiger partial charge in [-0.3, -0.25) is 0 Å². The van der Waals surface area contributed by atoms with E-state index in [0.29, 0.717) is 16.7 Å². The quantitative estimate of drug-likeness (QED) is 0.456. The summed E-state index contributed by atoms with van der Waals surface area (Å²) in [6, 6.07) is 18.8. The number of para-hydroxylation sites is 1. The van der Waals surface area contributed by atoms with E-state index >= 15 is 0 Å². The van der Waals surface area contributed by atoms with Gasteiger partial charge in [-0.1, -0.05) is 36.4 Å². The molecule has 0 saturated carbocycles. The average molecular weight is 433 g/mol. The highest BCUT2D eigenvalue weighted by molar-refractivity contribution is 7.89. The average Bonchev–Trinajstić information content (AvgIpc) is 2.78. The Kier molecular flexibility index (Phi) is 5.24. The highest BCUT2D eigenvalue weighted by atomic mass is 32.2. The first-order valence-electron chi connectivity index (χ1n) is 8.97. The number of phenolic OH excluding ortho intramolecular Hbond substituents is 1. The van der Waals surface area contributed by atoms with Gasteiger partial charge in [-0.25, -0.2) is 28.5 Å². The smallest absolute Gasteiger partial charge is 0.238 e. The number of nitrogens with two attached hydrogens (primary N) is 1. The Morgan fingerprint density at radius 2 is 1.39 bits per heavy atom. The first kappa shape index (κ1) is 20.3. The molecule has 0 radical (unpaired) electrons. The van der Waals surface area contributed by atoms with Crippen molar-refractivity contribution >= 4 is 15.7 Å². The van der Waals surface area contributed by atoms with Crippen LogP contribution in [0.3, 0.4) is 0 Å². The normalized spacial score (nSPS) is 11.3. The minimum Gasteiger partial charge on any atom is -0.507 e. The second-order valence-corrected chi connectivity index (χ2v) is 8.07. The lowest BCUT2D eigenvalue weighted by atomic mass is 10.1. The Labute approximate surface area is 177 Å². The Morgan fingerprint density at radius 3 is 2.06 bits per heavy atom. The molecule has 0 fully saturated rings. The lowest BCUT2D eigenvalue weighted by Crippen LogP contribution is -2.12. The first-order valence-corrected chi connectivity index (χ1v) is 10.5. The molecule has 3 aromatic carbocycles. The number of rotatable bonds is 5. The molecule has 3 N–H and O–H groups in total. The van der Waals surface area contributed by atoms with Crippen LogP contribution in [-0.4, -0.2) is 28.5 Å². The molecule has 154 valence electrons. The molecule has 0 unspecified atom stereocenters. The molecule has 10 heteroatoms. The minimum atomic E-state index is -3.94. The molecule has 0 atom stereocenters. The van der Waals surface area contributed by atoms with E-state index in [1.54, 1.807) is 42.5 Å². The van der Waals surface area contributed by atoms with Crippen molar-refractivity contribution < 1.29 is 13.5 Å². The van der Waals surface area contributed by atoms with Crippen molar-refractivity contribution in [3.63, 3.8) is 0 Å². The molecule has 0 amide bonds. The van der Waals surface area contributed by atoms with Gasteiger partial charge >= 0.3 is 0 Å². The van der Waals surface area contributed by atoms with E-state index in [1.807, 2.05) is 0 Å². The van der Waals surface area contributed by atoms with Crippen molar-refractivity contribution in [3.05, 3.63) is 77.7 Å². The van der Waals surface area contributed by atoms with Crippen LogP contribution >= 0.6 is 0 Å². The summed E-state index contributed by atoms with van der Waals surface area (Å²) in [4.78, 5) is 24.4. The summed E-state index contributed by atoms with van der Waals surface area (Å²) in [7, 11) is -3.94. The number of sulfonamides is 1. The molecule has 9 nitrogen and oxygen atoms in total. The van der Waals surface area contributed by atoms with E-state index in [1.165, 1.54) is 30.3 Å². The number of nitroso groups, excluding NO2 is 1. The number of aromatic nitrogens is 3. The number of hydrogen-bond acceptors (Lipinski definition) is 8. The monoisotopic (exact) mass is 433 g/mol. The van der Waals surface area contributed by atoms with Crippen molar-refractivity contribution in [1.29, 1.82) is 0 Å². The van der Waals surface area contributed by atoms with Crippen LogP contribution in [0.25, 0.3) is 34.2 Å². The molecule has 0 spiro atoms. The van der Waals surface area contributed by atoms with Crippen LogP contribution in [0.2, 0.25) is 0 Å². The van der Waals surface area contributed by atoms with Crippen LogP contribution < -0.4 is 5.14 Å². The summed E-state index contributed by atoms with van der Waals surface area (Å²) in [6.07, 6.45) is 0. The number of primary sulfonamides is 1. The second-order valence-electron chi connectivity index (χ2n) is 6.50. The molecule has 4 aromatic rings. The second kappa shape index (κ2) is 8.01. The zero-order chi connectivity index (χ0) is 22.0. The van der Waals surface area contributed by atoms with Crippen LogP contribution in [0.4, 0.5) is 5.69 Å². The van der Waals surface area contributed by atoms with Gasteiger partial charge in [0.25, 0.3) is 0 Å². The lowest BCUT2D eigenvalue weighted by Gasteiger charge is -2.10. The van der Waals surface area contributed by atoms with Gasteiger partial charge in [0.1, 0.15) is 11.4 Å². The molecule has 1 heterocycles. The molecule has 0 aliphatic rings. The van der Waals surface area contributed by atoms with Gasteiger partial charge in [0.05, 0.1) is 10.5 Å². The Morgan fingerprint density at radius 1 is 0.774 bits per heavy atom.